The number of hydrogen-bond donors (Lipinski definition) is 3. The Bertz CT molecular complexity index is 1750. The molecule has 2 fully saturated rings. The molecule has 13 heteroatoms. The molecule has 7 rings (SSSR count). The van der Waals surface area contributed by atoms with Gasteiger partial charge in [-0.1, -0.05) is 58.0 Å². The molecular formula is C41H59N9O4. The van der Waals surface area contributed by atoms with Crippen molar-refractivity contribution in [2.24, 2.45) is 5.92 Å². The molecule has 6 heterocycles. The second-order valence-corrected chi connectivity index (χ2v) is 13.8. The molecule has 0 saturated carbocycles. The van der Waals surface area contributed by atoms with Crippen LogP contribution in [0.25, 0.3) is 0 Å². The number of amidine groups is 1. The molecule has 4 aliphatic rings. The van der Waals surface area contributed by atoms with E-state index >= 15 is 0 Å². The molecule has 3 unspecified atom stereocenters. The summed E-state index contributed by atoms with van der Waals surface area (Å²) in [5, 5.41) is 20.3. The van der Waals surface area contributed by atoms with Gasteiger partial charge in [-0.05, 0) is 81.9 Å². The molecule has 1 amide bonds. The largest absolute Gasteiger partial charge is 0.445 e. The van der Waals surface area contributed by atoms with Crippen LogP contribution in [0.1, 0.15) is 102 Å². The fraction of sp³-hybridized carbons (Fsp3) is 0.561. The quantitative estimate of drug-likeness (QED) is 0.146. The monoisotopic (exact) mass is 741 g/mol. The number of alkyl carbamates (subject to hydrolysis) is 1. The summed E-state index contributed by atoms with van der Waals surface area (Å²) < 4.78 is 17.2. The molecule has 3 atom stereocenters. The Morgan fingerprint density at radius 2 is 1.98 bits per heavy atom. The Labute approximate surface area is 320 Å². The summed E-state index contributed by atoms with van der Waals surface area (Å²) in [6.07, 6.45) is 16.6. The highest BCUT2D eigenvalue weighted by Gasteiger charge is 2.45. The first-order valence-electron chi connectivity index (χ1n) is 19.9. The molecule has 0 bridgehead atoms. The Balaban J connectivity index is 0.00000136. The summed E-state index contributed by atoms with van der Waals surface area (Å²) in [4.78, 5) is 31.7. The van der Waals surface area contributed by atoms with Gasteiger partial charge >= 0.3 is 6.09 Å². The van der Waals surface area contributed by atoms with Crippen LogP contribution in [0.5, 0.6) is 0 Å². The summed E-state index contributed by atoms with van der Waals surface area (Å²) in [6, 6.07) is 5.90. The second-order valence-electron chi connectivity index (χ2n) is 13.8. The zero-order valence-electron chi connectivity index (χ0n) is 33.0. The molecule has 3 aromatic rings. The molecule has 3 aromatic heterocycles. The van der Waals surface area contributed by atoms with Crippen molar-refractivity contribution in [3.63, 3.8) is 0 Å². The van der Waals surface area contributed by atoms with Crippen LogP contribution in [-0.4, -0.2) is 77.7 Å². The number of amides is 1. The predicted octanol–water partition coefficient (Wildman–Crippen LogP) is 7.72. The van der Waals surface area contributed by atoms with Crippen LogP contribution in [0.4, 0.5) is 22.1 Å². The van der Waals surface area contributed by atoms with Crippen LogP contribution in [-0.2, 0) is 21.3 Å². The lowest BCUT2D eigenvalue weighted by Crippen LogP contribution is -2.54. The smallest absolute Gasteiger partial charge is 0.407 e. The number of anilines is 3. The number of pyridine rings is 1. The molecule has 292 valence electrons. The van der Waals surface area contributed by atoms with Crippen LogP contribution in [0, 0.1) is 18.3 Å². The number of piperidine rings is 1. The lowest BCUT2D eigenvalue weighted by atomic mass is 9.68. The van der Waals surface area contributed by atoms with Crippen molar-refractivity contribution in [2.45, 2.75) is 105 Å². The van der Waals surface area contributed by atoms with E-state index in [1.54, 1.807) is 6.20 Å². The normalized spacial score (nSPS) is 22.0. The van der Waals surface area contributed by atoms with Gasteiger partial charge in [0.25, 0.3) is 0 Å². The minimum Gasteiger partial charge on any atom is -0.445 e. The minimum absolute atomic E-state index is 0.0558. The molecule has 2 saturated heterocycles. The van der Waals surface area contributed by atoms with Crippen molar-refractivity contribution < 1.29 is 18.8 Å². The van der Waals surface area contributed by atoms with Crippen molar-refractivity contribution in [2.75, 3.05) is 54.5 Å². The molecule has 1 aliphatic carbocycles. The molecule has 3 N–H and O–H groups in total. The molecule has 0 spiro atoms. The first kappa shape index (κ1) is 40.4. The van der Waals surface area contributed by atoms with Gasteiger partial charge in [0.15, 0.2) is 11.7 Å². The molecule has 13 nitrogen and oxygen atoms in total. The van der Waals surface area contributed by atoms with Crippen molar-refractivity contribution in [3.05, 3.63) is 77.2 Å². The van der Waals surface area contributed by atoms with Gasteiger partial charge in [-0.3, -0.25) is 10.4 Å². The number of allylic oxidation sites excluding steroid dienone is 2. The van der Waals surface area contributed by atoms with Crippen LogP contribution in [0.2, 0.25) is 0 Å². The number of carbonyl (C=O) groups excluding carboxylic acids is 1. The Kier molecular flexibility index (Phi) is 14.6. The average molecular weight is 742 g/mol. The number of ether oxygens (including phenoxy) is 2. The Morgan fingerprint density at radius 1 is 1.13 bits per heavy atom. The maximum atomic E-state index is 12.9. The number of rotatable bonds is 9. The fourth-order valence-electron chi connectivity index (χ4n) is 7.49. The first-order valence-corrected chi connectivity index (χ1v) is 19.9. The maximum absolute atomic E-state index is 12.9. The number of nitrogens with zero attached hydrogens (tertiary/aromatic N) is 6. The number of aromatic nitrogens is 4. The minimum atomic E-state index is -0.473. The van der Waals surface area contributed by atoms with Gasteiger partial charge in [-0.2, -0.15) is 0 Å². The van der Waals surface area contributed by atoms with E-state index in [9.17, 15) is 10.2 Å². The van der Waals surface area contributed by atoms with E-state index in [0.717, 1.165) is 79.2 Å². The van der Waals surface area contributed by atoms with Crippen molar-refractivity contribution in [1.29, 1.82) is 5.41 Å². The highest BCUT2D eigenvalue weighted by Crippen LogP contribution is 2.40. The third kappa shape index (κ3) is 9.47. The van der Waals surface area contributed by atoms with Crippen molar-refractivity contribution in [1.82, 2.24) is 25.4 Å². The first-order chi connectivity index (χ1) is 26.4. The van der Waals surface area contributed by atoms with E-state index < -0.39 is 11.5 Å². The van der Waals surface area contributed by atoms with E-state index in [1.165, 1.54) is 0 Å². The summed E-state index contributed by atoms with van der Waals surface area (Å²) in [6.45, 7) is 15.4. The predicted molar refractivity (Wildman–Crippen MR) is 213 cm³/mol. The SMILES string of the molecule is CC.CC.Cc1cc(C2(CNC(=O)OCC3=CCCC=C3)CCN(c3cnc(C(=N)N4CCCc5ncccc54)c(NC4CCCCO4)n3)CC2C)no1. The summed E-state index contributed by atoms with van der Waals surface area (Å²) >= 11 is 0. The molecular weight excluding hydrogens is 683 g/mol. The molecule has 3 aliphatic heterocycles. The Hall–Kier alpha value is -4.78. The van der Waals surface area contributed by atoms with E-state index in [-0.39, 0.29) is 24.6 Å². The van der Waals surface area contributed by atoms with Gasteiger partial charge in [0, 0.05) is 50.5 Å². The van der Waals surface area contributed by atoms with Crippen molar-refractivity contribution >= 4 is 29.3 Å². The Morgan fingerprint density at radius 3 is 2.70 bits per heavy atom. The topological polar surface area (TPSA) is 155 Å². The number of aryl methyl sites for hydroxylation is 2. The lowest BCUT2D eigenvalue weighted by Gasteiger charge is -2.46. The summed E-state index contributed by atoms with van der Waals surface area (Å²) in [5.41, 5.74) is 3.79. The van der Waals surface area contributed by atoms with Gasteiger partial charge < -0.3 is 34.4 Å². The zero-order chi connectivity index (χ0) is 38.5. The van der Waals surface area contributed by atoms with Gasteiger partial charge in [-0.15, -0.1) is 0 Å². The van der Waals surface area contributed by atoms with Crippen LogP contribution in [0.3, 0.4) is 0 Å². The van der Waals surface area contributed by atoms with Crippen LogP contribution >= 0.6 is 0 Å². The number of nitrogens with one attached hydrogen (secondary N) is 3. The third-order valence-electron chi connectivity index (χ3n) is 10.4. The van der Waals surface area contributed by atoms with E-state index in [4.69, 9.17) is 24.0 Å². The number of hydrogen-bond acceptors (Lipinski definition) is 11. The molecule has 0 aromatic carbocycles. The third-order valence-corrected chi connectivity index (χ3v) is 10.4. The standard InChI is InChI=1S/C37H47N9O4.2C2H6/c1-25-22-45(18-15-37(25,30-20-26(2)50-44-30)24-41-36(47)49-23-27-10-4-3-5-11-27)31-21-40-33(35(42-31)43-32-14-6-7-19-48-32)34(38)46-17-9-12-28-29(46)13-8-16-39-28;2*1-2/h4,8,10-11,13,16,20-21,25,32,38H,3,5-7,9,12,14-15,17-19,22-24H2,1-2H3,(H,41,47)(H,42,43);2*1-2H3. The lowest BCUT2D eigenvalue weighted by molar-refractivity contribution is 0.0340. The van der Waals surface area contributed by atoms with Crippen molar-refractivity contribution in [3.8, 4) is 0 Å². The van der Waals surface area contributed by atoms with E-state index in [1.807, 2.05) is 70.0 Å². The number of carbonyl (C=O) groups is 1. The summed E-state index contributed by atoms with van der Waals surface area (Å²) in [5.74, 6) is 2.33. The van der Waals surface area contributed by atoms with Gasteiger partial charge in [0.1, 0.15) is 30.1 Å². The zero-order valence-corrected chi connectivity index (χ0v) is 33.0. The number of fused-ring (bicyclic) bond motifs is 1. The van der Waals surface area contributed by atoms with Crippen LogP contribution < -0.4 is 20.4 Å². The second kappa shape index (κ2) is 19.5. The van der Waals surface area contributed by atoms with Gasteiger partial charge in [-0.25, -0.2) is 14.8 Å². The molecule has 0 radical (unpaired) electrons. The van der Waals surface area contributed by atoms with E-state index in [2.05, 4.69) is 44.7 Å². The van der Waals surface area contributed by atoms with Gasteiger partial charge in [0.2, 0.25) is 0 Å². The average Bonchev–Trinajstić information content (AvgIpc) is 3.68. The maximum Gasteiger partial charge on any atom is 0.407 e. The molecule has 54 heavy (non-hydrogen) atoms. The fourth-order valence-corrected chi connectivity index (χ4v) is 7.49. The van der Waals surface area contributed by atoms with E-state index in [0.29, 0.717) is 50.7 Å². The summed E-state index contributed by atoms with van der Waals surface area (Å²) in [7, 11) is 0. The highest BCUT2D eigenvalue weighted by molar-refractivity contribution is 6.10. The van der Waals surface area contributed by atoms with Gasteiger partial charge in [0.05, 0.1) is 23.3 Å². The highest BCUT2D eigenvalue weighted by atomic mass is 16.5. The van der Waals surface area contributed by atoms with Crippen LogP contribution in [0.15, 0.2) is 58.9 Å².